The molecule has 4 heteroatoms. The van der Waals surface area contributed by atoms with E-state index < -0.39 is 0 Å². The minimum atomic E-state index is -0.0176. The van der Waals surface area contributed by atoms with Crippen molar-refractivity contribution in [3.63, 3.8) is 0 Å². The van der Waals surface area contributed by atoms with Gasteiger partial charge in [0.2, 0.25) is 0 Å². The van der Waals surface area contributed by atoms with Crippen LogP contribution in [0.3, 0.4) is 0 Å². The van der Waals surface area contributed by atoms with Crippen molar-refractivity contribution < 1.29 is 9.53 Å². The number of esters is 1. The van der Waals surface area contributed by atoms with Crippen LogP contribution in [0.15, 0.2) is 12.4 Å². The molecule has 0 aliphatic heterocycles. The monoisotopic (exact) mass is 248 g/mol. The summed E-state index contributed by atoms with van der Waals surface area (Å²) in [5.41, 5.74) is 1.09. The van der Waals surface area contributed by atoms with Crippen LogP contribution in [0.2, 0.25) is 0 Å². The topological polar surface area (TPSA) is 55.0 Å². The molecule has 1 N–H and O–H groups in total. The fraction of sp³-hybridized carbons (Fsp3) is 0.714. The Kier molecular flexibility index (Phi) is 3.35. The lowest BCUT2D eigenvalue weighted by Gasteiger charge is -2.20. The second kappa shape index (κ2) is 5.12. The predicted octanol–water partition coefficient (Wildman–Crippen LogP) is 2.32. The van der Waals surface area contributed by atoms with Crippen LogP contribution in [-0.2, 0) is 16.0 Å². The van der Waals surface area contributed by atoms with E-state index in [-0.39, 0.29) is 5.97 Å². The predicted molar refractivity (Wildman–Crippen MR) is 66.8 cm³/mol. The van der Waals surface area contributed by atoms with Gasteiger partial charge in [-0.15, -0.1) is 0 Å². The molecular weight excluding hydrogens is 228 g/mol. The van der Waals surface area contributed by atoms with Crippen molar-refractivity contribution >= 4 is 5.97 Å². The zero-order chi connectivity index (χ0) is 12.4. The first-order valence-corrected chi connectivity index (χ1v) is 6.94. The van der Waals surface area contributed by atoms with Crippen LogP contribution in [0.5, 0.6) is 0 Å². The van der Waals surface area contributed by atoms with Gasteiger partial charge in [0, 0.05) is 19.0 Å². The molecule has 1 aromatic rings. The van der Waals surface area contributed by atoms with Crippen LogP contribution in [0.25, 0.3) is 0 Å². The van der Waals surface area contributed by atoms with Crippen molar-refractivity contribution in [3.8, 4) is 0 Å². The van der Waals surface area contributed by atoms with Crippen LogP contribution in [0.1, 0.15) is 37.7 Å². The first kappa shape index (κ1) is 11.8. The zero-order valence-corrected chi connectivity index (χ0v) is 10.6. The van der Waals surface area contributed by atoms with Crippen molar-refractivity contribution in [2.45, 2.75) is 38.5 Å². The smallest absolute Gasteiger partial charge is 0.306 e. The fourth-order valence-corrected chi connectivity index (χ4v) is 3.60. The number of ether oxygens (including phenoxy) is 1. The van der Waals surface area contributed by atoms with Crippen molar-refractivity contribution in [1.82, 2.24) is 10.2 Å². The third kappa shape index (κ3) is 2.57. The normalized spacial score (nSPS) is 29.7. The molecule has 0 saturated heterocycles. The molecule has 2 saturated carbocycles. The number of fused-ring (bicyclic) bond motifs is 2. The fourth-order valence-electron chi connectivity index (χ4n) is 3.60. The maximum Gasteiger partial charge on any atom is 0.306 e. The van der Waals surface area contributed by atoms with Crippen LogP contribution in [0.4, 0.5) is 0 Å². The number of carbonyl (C=O) groups is 1. The van der Waals surface area contributed by atoms with Crippen molar-refractivity contribution in [3.05, 3.63) is 18.0 Å². The van der Waals surface area contributed by atoms with E-state index in [2.05, 4.69) is 10.2 Å². The van der Waals surface area contributed by atoms with Crippen LogP contribution < -0.4 is 0 Å². The number of aromatic nitrogens is 2. The van der Waals surface area contributed by atoms with Gasteiger partial charge in [0.05, 0.1) is 12.8 Å². The molecule has 3 rings (SSSR count). The summed E-state index contributed by atoms with van der Waals surface area (Å²) in [7, 11) is 0. The Morgan fingerprint density at radius 3 is 3.06 bits per heavy atom. The van der Waals surface area contributed by atoms with E-state index in [4.69, 9.17) is 4.74 Å². The van der Waals surface area contributed by atoms with Gasteiger partial charge in [-0.25, -0.2) is 0 Å². The molecule has 1 heterocycles. The van der Waals surface area contributed by atoms with Gasteiger partial charge >= 0.3 is 5.97 Å². The third-order valence-electron chi connectivity index (χ3n) is 4.52. The largest absolute Gasteiger partial charge is 0.465 e. The van der Waals surface area contributed by atoms with Crippen LogP contribution in [0, 0.1) is 17.8 Å². The Morgan fingerprint density at radius 1 is 1.44 bits per heavy atom. The van der Waals surface area contributed by atoms with Crippen molar-refractivity contribution in [2.24, 2.45) is 17.8 Å². The Morgan fingerprint density at radius 2 is 2.39 bits per heavy atom. The van der Waals surface area contributed by atoms with Crippen LogP contribution >= 0.6 is 0 Å². The third-order valence-corrected chi connectivity index (χ3v) is 4.52. The summed E-state index contributed by atoms with van der Waals surface area (Å²) in [6, 6.07) is 0. The second-order valence-corrected chi connectivity index (χ2v) is 5.72. The summed E-state index contributed by atoms with van der Waals surface area (Å²) in [6.45, 7) is 0.471. The highest BCUT2D eigenvalue weighted by molar-refractivity contribution is 5.69. The lowest BCUT2D eigenvalue weighted by molar-refractivity contribution is -0.145. The highest BCUT2D eigenvalue weighted by atomic mass is 16.5. The van der Waals surface area contributed by atoms with E-state index in [1.165, 1.54) is 25.7 Å². The standard InChI is InChI=1S/C14H20N2O2/c17-14(18-4-3-11-8-15-16-9-11)7-13-6-10-1-2-12(13)5-10/h8-10,12-13H,1-7H2,(H,15,16)/t10-,12-,13-/m0/s1. The molecule has 1 aromatic heterocycles. The Bertz CT molecular complexity index is 402. The summed E-state index contributed by atoms with van der Waals surface area (Å²) in [4.78, 5) is 11.8. The van der Waals surface area contributed by atoms with Gasteiger partial charge in [-0.1, -0.05) is 6.42 Å². The highest BCUT2D eigenvalue weighted by Gasteiger charge is 2.40. The first-order valence-electron chi connectivity index (χ1n) is 6.94. The molecule has 0 spiro atoms. The van der Waals surface area contributed by atoms with Crippen molar-refractivity contribution in [2.75, 3.05) is 6.61 Å². The van der Waals surface area contributed by atoms with Crippen molar-refractivity contribution in [1.29, 1.82) is 0 Å². The molecule has 2 fully saturated rings. The number of hydrogen-bond acceptors (Lipinski definition) is 3. The van der Waals surface area contributed by atoms with E-state index >= 15 is 0 Å². The van der Waals surface area contributed by atoms with E-state index in [9.17, 15) is 4.79 Å². The molecule has 0 unspecified atom stereocenters. The molecule has 3 atom stereocenters. The number of hydrogen-bond donors (Lipinski definition) is 1. The molecule has 0 amide bonds. The van der Waals surface area contributed by atoms with Gasteiger partial charge in [-0.05, 0) is 42.6 Å². The Labute approximate surface area is 107 Å². The average molecular weight is 248 g/mol. The lowest BCUT2D eigenvalue weighted by Crippen LogP contribution is -2.17. The molecule has 98 valence electrons. The average Bonchev–Trinajstić information content (AvgIpc) is 3.04. The van der Waals surface area contributed by atoms with Gasteiger partial charge in [0.1, 0.15) is 0 Å². The van der Waals surface area contributed by atoms with E-state index in [1.54, 1.807) is 6.20 Å². The molecule has 0 aromatic carbocycles. The van der Waals surface area contributed by atoms with Crippen LogP contribution in [-0.4, -0.2) is 22.8 Å². The number of aromatic amines is 1. The molecule has 18 heavy (non-hydrogen) atoms. The van der Waals surface area contributed by atoms with E-state index in [0.29, 0.717) is 18.9 Å². The molecule has 2 aliphatic rings. The van der Waals surface area contributed by atoms with Gasteiger partial charge in [-0.3, -0.25) is 9.89 Å². The Hall–Kier alpha value is -1.32. The minimum absolute atomic E-state index is 0.0176. The minimum Gasteiger partial charge on any atom is -0.465 e. The first-order chi connectivity index (χ1) is 8.81. The zero-order valence-electron chi connectivity index (χ0n) is 10.6. The highest BCUT2D eigenvalue weighted by Crippen LogP contribution is 2.49. The maximum absolute atomic E-state index is 11.8. The molecular formula is C14H20N2O2. The van der Waals surface area contributed by atoms with E-state index in [0.717, 1.165) is 23.8 Å². The number of nitrogens with one attached hydrogen (secondary N) is 1. The molecule has 0 radical (unpaired) electrons. The molecule has 4 nitrogen and oxygen atoms in total. The summed E-state index contributed by atoms with van der Waals surface area (Å²) in [6.07, 6.45) is 10.3. The number of rotatable bonds is 5. The van der Waals surface area contributed by atoms with Gasteiger partial charge in [0.25, 0.3) is 0 Å². The van der Waals surface area contributed by atoms with Gasteiger partial charge < -0.3 is 4.74 Å². The lowest BCUT2D eigenvalue weighted by atomic mass is 9.86. The van der Waals surface area contributed by atoms with E-state index in [1.807, 2.05) is 6.20 Å². The SMILES string of the molecule is O=C(C[C@@H]1C[C@H]2CC[C@H]1C2)OCCc1cn[nH]c1. The summed E-state index contributed by atoms with van der Waals surface area (Å²) < 4.78 is 5.30. The number of H-pyrrole nitrogens is 1. The number of carbonyl (C=O) groups excluding carboxylic acids is 1. The Balaban J connectivity index is 1.37. The summed E-state index contributed by atoms with van der Waals surface area (Å²) in [5.74, 6) is 2.29. The summed E-state index contributed by atoms with van der Waals surface area (Å²) >= 11 is 0. The quantitative estimate of drug-likeness (QED) is 0.814. The maximum atomic E-state index is 11.8. The van der Waals surface area contributed by atoms with Gasteiger partial charge in [-0.2, -0.15) is 5.10 Å². The second-order valence-electron chi connectivity index (χ2n) is 5.72. The van der Waals surface area contributed by atoms with Gasteiger partial charge in [0.15, 0.2) is 0 Å². The molecule has 2 bridgehead atoms. The summed E-state index contributed by atoms with van der Waals surface area (Å²) in [5, 5.41) is 6.62. The molecule has 2 aliphatic carbocycles. The number of nitrogens with zero attached hydrogens (tertiary/aromatic N) is 1.